The number of nitrogens with zero attached hydrogens (tertiary/aromatic N) is 2. The number of rotatable bonds is 3. The lowest BCUT2D eigenvalue weighted by Gasteiger charge is -2.21. The predicted octanol–water partition coefficient (Wildman–Crippen LogP) is 1.03. The fraction of sp³-hybridized carbons (Fsp3) is 0.375. The number of hydrogen-bond donors (Lipinski definition) is 0. The molecule has 0 aromatic heterocycles. The van der Waals surface area contributed by atoms with Gasteiger partial charge in [-0.15, -0.1) is 0 Å². The Morgan fingerprint density at radius 2 is 2.42 bits per heavy atom. The van der Waals surface area contributed by atoms with Gasteiger partial charge < -0.3 is 4.84 Å². The molecule has 4 heteroatoms. The highest BCUT2D eigenvalue weighted by Gasteiger charge is 2.14. The van der Waals surface area contributed by atoms with Crippen LogP contribution in [0.25, 0.3) is 0 Å². The molecule has 4 nitrogen and oxygen atoms in total. The summed E-state index contributed by atoms with van der Waals surface area (Å²) in [4.78, 5) is 17.1. The molecule has 0 aliphatic carbocycles. The van der Waals surface area contributed by atoms with Crippen molar-refractivity contribution in [2.75, 3.05) is 13.6 Å². The summed E-state index contributed by atoms with van der Waals surface area (Å²) in [5.41, 5.74) is 0. The minimum atomic E-state index is -0.389. The molecule has 0 aliphatic heterocycles. The zero-order valence-corrected chi connectivity index (χ0v) is 7.28. The molecule has 0 radical (unpaired) electrons. The van der Waals surface area contributed by atoms with Crippen molar-refractivity contribution in [2.24, 2.45) is 0 Å². The summed E-state index contributed by atoms with van der Waals surface area (Å²) in [7, 11) is 1.48. The first kappa shape index (κ1) is 10.4. The van der Waals surface area contributed by atoms with Gasteiger partial charge in [-0.2, -0.15) is 5.06 Å². The number of urea groups is 1. The van der Waals surface area contributed by atoms with Crippen molar-refractivity contribution < 1.29 is 9.63 Å². The Balaban J connectivity index is 4.22. The second kappa shape index (κ2) is 5.08. The molecular formula is C8H12N2O2. The Hall–Kier alpha value is -1.63. The van der Waals surface area contributed by atoms with Crippen LogP contribution in [-0.2, 0) is 4.84 Å². The maximum absolute atomic E-state index is 11.2. The van der Waals surface area contributed by atoms with Gasteiger partial charge in [0.15, 0.2) is 0 Å². The van der Waals surface area contributed by atoms with Crippen LogP contribution in [-0.4, -0.2) is 29.6 Å². The fourth-order valence-electron chi connectivity index (χ4n) is 0.567. The highest BCUT2D eigenvalue weighted by atomic mass is 16.7. The van der Waals surface area contributed by atoms with Crippen molar-refractivity contribution >= 4 is 6.03 Å². The molecule has 66 valence electrons. The average Bonchev–Trinajstić information content (AvgIpc) is 2.11. The van der Waals surface area contributed by atoms with E-state index in [4.69, 9.17) is 11.3 Å². The third-order valence-electron chi connectivity index (χ3n) is 1.18. The lowest BCUT2D eigenvalue weighted by Crippen LogP contribution is -2.37. The molecular weight excluding hydrogens is 156 g/mol. The van der Waals surface area contributed by atoms with Crippen LogP contribution in [0.1, 0.15) is 6.92 Å². The highest BCUT2D eigenvalue weighted by molar-refractivity contribution is 5.74. The van der Waals surface area contributed by atoms with Gasteiger partial charge in [0, 0.05) is 13.1 Å². The number of amides is 2. The van der Waals surface area contributed by atoms with Gasteiger partial charge in [0.2, 0.25) is 0 Å². The van der Waals surface area contributed by atoms with Gasteiger partial charge in [0.05, 0.1) is 6.54 Å². The zero-order chi connectivity index (χ0) is 9.56. The fourth-order valence-corrected chi connectivity index (χ4v) is 0.567. The van der Waals surface area contributed by atoms with Crippen LogP contribution in [0, 0.1) is 12.5 Å². The Morgan fingerprint density at radius 3 is 2.75 bits per heavy atom. The third-order valence-corrected chi connectivity index (χ3v) is 1.18. The molecule has 0 spiro atoms. The van der Waals surface area contributed by atoms with Crippen LogP contribution in [0.5, 0.6) is 0 Å². The quantitative estimate of drug-likeness (QED) is 0.273. The van der Waals surface area contributed by atoms with Gasteiger partial charge in [-0.1, -0.05) is 13.0 Å². The summed E-state index contributed by atoms with van der Waals surface area (Å²) in [6.45, 7) is 5.51. The molecule has 0 saturated carbocycles. The van der Waals surface area contributed by atoms with E-state index in [1.54, 1.807) is 6.92 Å². The number of hydroxylamine groups is 2. The molecule has 0 aromatic carbocycles. The van der Waals surface area contributed by atoms with Crippen molar-refractivity contribution in [1.29, 1.82) is 0 Å². The minimum absolute atomic E-state index is 0.389. The standard InChI is InChI=1S/C8H12N2O2/c1-5-9(4)8(11)10(6-2)12-7-3/h1,7H,3,6H2,2,4H3. The topological polar surface area (TPSA) is 32.8 Å². The number of carbonyl (C=O) groups excluding carboxylic acids is 1. The molecule has 0 bridgehead atoms. The van der Waals surface area contributed by atoms with Gasteiger partial charge in [-0.25, -0.2) is 4.79 Å². The second-order valence-corrected chi connectivity index (χ2v) is 1.94. The lowest BCUT2D eigenvalue weighted by molar-refractivity contribution is -0.0593. The molecule has 0 aliphatic rings. The summed E-state index contributed by atoms with van der Waals surface area (Å²) in [5.74, 6) is 0. The van der Waals surface area contributed by atoms with E-state index in [1.165, 1.54) is 13.3 Å². The molecule has 2 amide bonds. The van der Waals surface area contributed by atoms with Crippen LogP contribution >= 0.6 is 0 Å². The first-order chi connectivity index (χ1) is 5.67. The van der Waals surface area contributed by atoms with E-state index in [0.717, 1.165) is 9.96 Å². The Bertz CT molecular complexity index is 208. The van der Waals surface area contributed by atoms with Crippen LogP contribution in [0.2, 0.25) is 0 Å². The van der Waals surface area contributed by atoms with E-state index in [9.17, 15) is 4.79 Å². The number of terminal acetylenes is 1. The summed E-state index contributed by atoms with van der Waals surface area (Å²) in [6, 6.07) is 1.78. The largest absolute Gasteiger partial charge is 0.384 e. The van der Waals surface area contributed by atoms with E-state index in [0.29, 0.717) is 6.54 Å². The van der Waals surface area contributed by atoms with E-state index in [2.05, 4.69) is 12.6 Å². The second-order valence-electron chi connectivity index (χ2n) is 1.94. The first-order valence-corrected chi connectivity index (χ1v) is 3.46. The zero-order valence-electron chi connectivity index (χ0n) is 7.28. The predicted molar refractivity (Wildman–Crippen MR) is 45.7 cm³/mol. The summed E-state index contributed by atoms with van der Waals surface area (Å²) in [5, 5.41) is 1.10. The maximum atomic E-state index is 11.2. The monoisotopic (exact) mass is 168 g/mol. The molecule has 0 aromatic rings. The first-order valence-electron chi connectivity index (χ1n) is 3.46. The van der Waals surface area contributed by atoms with Crippen LogP contribution in [0.4, 0.5) is 4.79 Å². The maximum Gasteiger partial charge on any atom is 0.364 e. The van der Waals surface area contributed by atoms with Crippen molar-refractivity contribution in [3.63, 3.8) is 0 Å². The Morgan fingerprint density at radius 1 is 1.83 bits per heavy atom. The van der Waals surface area contributed by atoms with Gasteiger partial charge in [-0.3, -0.25) is 4.90 Å². The number of hydrogen-bond acceptors (Lipinski definition) is 2. The smallest absolute Gasteiger partial charge is 0.364 e. The molecule has 0 fully saturated rings. The van der Waals surface area contributed by atoms with Gasteiger partial charge in [0.25, 0.3) is 0 Å². The summed E-state index contributed by atoms with van der Waals surface area (Å²) in [6.07, 6.45) is 6.18. The Kier molecular flexibility index (Phi) is 4.39. The molecule has 0 heterocycles. The SMILES string of the molecule is C#CN(C)C(=O)N(CC)OC=C. The van der Waals surface area contributed by atoms with E-state index in [1.807, 2.05) is 0 Å². The van der Waals surface area contributed by atoms with Crippen LogP contribution in [0.15, 0.2) is 12.8 Å². The third kappa shape index (κ3) is 2.54. The molecule has 12 heavy (non-hydrogen) atoms. The lowest BCUT2D eigenvalue weighted by atomic mass is 10.7. The average molecular weight is 168 g/mol. The van der Waals surface area contributed by atoms with Crippen molar-refractivity contribution in [3.8, 4) is 12.5 Å². The van der Waals surface area contributed by atoms with Gasteiger partial charge in [-0.05, 0) is 6.92 Å². The van der Waals surface area contributed by atoms with Crippen LogP contribution in [0.3, 0.4) is 0 Å². The van der Waals surface area contributed by atoms with E-state index < -0.39 is 0 Å². The van der Waals surface area contributed by atoms with E-state index in [-0.39, 0.29) is 6.03 Å². The summed E-state index contributed by atoms with van der Waals surface area (Å²) < 4.78 is 0. The van der Waals surface area contributed by atoms with Crippen molar-refractivity contribution in [3.05, 3.63) is 12.8 Å². The Labute approximate surface area is 72.4 Å². The number of carbonyl (C=O) groups is 1. The molecule has 0 rings (SSSR count). The minimum Gasteiger partial charge on any atom is -0.384 e. The molecule has 0 saturated heterocycles. The normalized spacial score (nSPS) is 8.08. The van der Waals surface area contributed by atoms with Crippen molar-refractivity contribution in [2.45, 2.75) is 6.92 Å². The van der Waals surface area contributed by atoms with E-state index >= 15 is 0 Å². The molecule has 0 N–H and O–H groups in total. The molecule has 0 atom stereocenters. The van der Waals surface area contributed by atoms with Crippen LogP contribution < -0.4 is 0 Å². The molecule has 0 unspecified atom stereocenters. The van der Waals surface area contributed by atoms with Gasteiger partial charge in [0.1, 0.15) is 6.26 Å². The highest BCUT2D eigenvalue weighted by Crippen LogP contribution is 1.96. The van der Waals surface area contributed by atoms with Gasteiger partial charge >= 0.3 is 6.03 Å². The van der Waals surface area contributed by atoms with Crippen molar-refractivity contribution in [1.82, 2.24) is 9.96 Å². The summed E-state index contributed by atoms with van der Waals surface area (Å²) >= 11 is 0.